The van der Waals surface area contributed by atoms with Gasteiger partial charge in [0.05, 0.1) is 5.69 Å². The Morgan fingerprint density at radius 3 is 2.50 bits per heavy atom. The van der Waals surface area contributed by atoms with Gasteiger partial charge < -0.3 is 4.42 Å². The van der Waals surface area contributed by atoms with Gasteiger partial charge in [-0.2, -0.15) is 4.98 Å². The van der Waals surface area contributed by atoms with E-state index in [1.165, 1.54) is 5.56 Å². The number of nitrogens with zero attached hydrogens (tertiary/aromatic N) is 2. The fourth-order valence-electron chi connectivity index (χ4n) is 2.00. The maximum absolute atomic E-state index is 5.42. The molecule has 0 radical (unpaired) electrons. The van der Waals surface area contributed by atoms with Crippen LogP contribution >= 0.6 is 0 Å². The zero-order valence-corrected chi connectivity index (χ0v) is 10.5. The summed E-state index contributed by atoms with van der Waals surface area (Å²) in [4.78, 5) is 8.77. The Hall–Kier alpha value is -2.16. The molecule has 2 heterocycles. The van der Waals surface area contributed by atoms with Gasteiger partial charge in [-0.15, -0.1) is 0 Å². The summed E-state index contributed by atoms with van der Waals surface area (Å²) in [5.41, 5.74) is 4.77. The highest BCUT2D eigenvalue weighted by atomic mass is 16.3. The average molecular weight is 238 g/mol. The first-order valence-corrected chi connectivity index (χ1v) is 6.10. The van der Waals surface area contributed by atoms with Crippen molar-refractivity contribution in [3.05, 3.63) is 47.9 Å². The van der Waals surface area contributed by atoms with E-state index in [1.54, 1.807) is 0 Å². The van der Waals surface area contributed by atoms with Gasteiger partial charge in [-0.3, -0.25) is 0 Å². The number of pyridine rings is 1. The summed E-state index contributed by atoms with van der Waals surface area (Å²) in [7, 11) is 0. The van der Waals surface area contributed by atoms with E-state index in [2.05, 4.69) is 41.2 Å². The molecule has 3 heteroatoms. The third-order valence-corrected chi connectivity index (χ3v) is 3.02. The molecular weight excluding hydrogens is 224 g/mol. The zero-order valence-electron chi connectivity index (χ0n) is 10.5. The molecule has 3 aromatic rings. The minimum absolute atomic E-state index is 0.649. The molecule has 0 unspecified atom stereocenters. The molecule has 0 atom stereocenters. The van der Waals surface area contributed by atoms with Crippen molar-refractivity contribution in [2.75, 3.05) is 0 Å². The molecule has 3 rings (SSSR count). The highest BCUT2D eigenvalue weighted by molar-refractivity contribution is 5.73. The van der Waals surface area contributed by atoms with Gasteiger partial charge in [0.25, 0.3) is 0 Å². The number of oxazole rings is 1. The monoisotopic (exact) mass is 238 g/mol. The van der Waals surface area contributed by atoms with E-state index in [0.717, 1.165) is 23.3 Å². The van der Waals surface area contributed by atoms with Gasteiger partial charge in [-0.25, -0.2) is 4.98 Å². The second-order valence-corrected chi connectivity index (χ2v) is 4.30. The second kappa shape index (κ2) is 4.26. The van der Waals surface area contributed by atoms with Gasteiger partial charge in [0.1, 0.15) is 0 Å². The molecule has 0 amide bonds. The number of aromatic nitrogens is 2. The molecule has 18 heavy (non-hydrogen) atoms. The van der Waals surface area contributed by atoms with Crippen LogP contribution < -0.4 is 0 Å². The third kappa shape index (κ3) is 1.88. The Balaban J connectivity index is 2.06. The normalized spacial score (nSPS) is 11.0. The minimum atomic E-state index is 0.649. The van der Waals surface area contributed by atoms with Crippen molar-refractivity contribution in [3.8, 4) is 11.3 Å². The minimum Gasteiger partial charge on any atom is -0.439 e. The standard InChI is InChI=1S/C15H14N2O/c1-3-11-4-6-12(7-5-11)13-8-9-14-15(17-13)16-10(2)18-14/h4-9H,3H2,1-2H3. The quantitative estimate of drug-likeness (QED) is 0.682. The van der Waals surface area contributed by atoms with Gasteiger partial charge in [-0.1, -0.05) is 31.2 Å². The number of hydrogen-bond acceptors (Lipinski definition) is 3. The van der Waals surface area contributed by atoms with Gasteiger partial charge in [0.2, 0.25) is 0 Å². The summed E-state index contributed by atoms with van der Waals surface area (Å²) in [6, 6.07) is 12.4. The van der Waals surface area contributed by atoms with E-state index >= 15 is 0 Å². The molecule has 0 aliphatic rings. The average Bonchev–Trinajstić information content (AvgIpc) is 2.78. The molecule has 2 aromatic heterocycles. The summed E-state index contributed by atoms with van der Waals surface area (Å²) in [6.07, 6.45) is 1.05. The van der Waals surface area contributed by atoms with Crippen LogP contribution in [0.15, 0.2) is 40.8 Å². The maximum Gasteiger partial charge on any atom is 0.199 e. The van der Waals surface area contributed by atoms with Crippen molar-refractivity contribution in [1.29, 1.82) is 0 Å². The summed E-state index contributed by atoms with van der Waals surface area (Å²) < 4.78 is 5.42. The van der Waals surface area contributed by atoms with Crippen molar-refractivity contribution in [2.24, 2.45) is 0 Å². The van der Waals surface area contributed by atoms with Crippen LogP contribution in [0.25, 0.3) is 22.5 Å². The number of rotatable bonds is 2. The smallest absolute Gasteiger partial charge is 0.199 e. The van der Waals surface area contributed by atoms with Crippen molar-refractivity contribution in [1.82, 2.24) is 9.97 Å². The maximum atomic E-state index is 5.42. The Kier molecular flexibility index (Phi) is 2.59. The second-order valence-electron chi connectivity index (χ2n) is 4.30. The van der Waals surface area contributed by atoms with Gasteiger partial charge >= 0.3 is 0 Å². The fourth-order valence-corrected chi connectivity index (χ4v) is 2.00. The first-order valence-electron chi connectivity index (χ1n) is 6.10. The molecule has 0 bridgehead atoms. The van der Waals surface area contributed by atoms with E-state index in [-0.39, 0.29) is 0 Å². The number of fused-ring (bicyclic) bond motifs is 1. The van der Waals surface area contributed by atoms with Crippen molar-refractivity contribution < 1.29 is 4.42 Å². The lowest BCUT2D eigenvalue weighted by Gasteiger charge is -2.01. The van der Waals surface area contributed by atoms with Crippen LogP contribution in [-0.2, 0) is 6.42 Å². The van der Waals surface area contributed by atoms with E-state index in [1.807, 2.05) is 19.1 Å². The highest BCUT2D eigenvalue weighted by Gasteiger charge is 2.06. The van der Waals surface area contributed by atoms with Crippen LogP contribution in [0.2, 0.25) is 0 Å². The van der Waals surface area contributed by atoms with E-state index in [0.29, 0.717) is 11.5 Å². The van der Waals surface area contributed by atoms with E-state index in [9.17, 15) is 0 Å². The highest BCUT2D eigenvalue weighted by Crippen LogP contribution is 2.21. The van der Waals surface area contributed by atoms with Crippen LogP contribution in [0.3, 0.4) is 0 Å². The molecule has 0 N–H and O–H groups in total. The SMILES string of the molecule is CCc1ccc(-c2ccc3oc(C)nc3n2)cc1. The Labute approximate surface area is 105 Å². The Bertz CT molecular complexity index is 683. The predicted molar refractivity (Wildman–Crippen MR) is 71.4 cm³/mol. The van der Waals surface area contributed by atoms with Gasteiger partial charge in [0.15, 0.2) is 17.1 Å². The molecular formula is C15H14N2O. The third-order valence-electron chi connectivity index (χ3n) is 3.02. The van der Waals surface area contributed by atoms with Crippen molar-refractivity contribution in [3.63, 3.8) is 0 Å². The topological polar surface area (TPSA) is 38.9 Å². The van der Waals surface area contributed by atoms with Crippen molar-refractivity contribution in [2.45, 2.75) is 20.3 Å². The molecule has 90 valence electrons. The lowest BCUT2D eigenvalue weighted by Crippen LogP contribution is -1.85. The summed E-state index contributed by atoms with van der Waals surface area (Å²) in [6.45, 7) is 3.98. The van der Waals surface area contributed by atoms with Crippen LogP contribution in [0.1, 0.15) is 18.4 Å². The van der Waals surface area contributed by atoms with Crippen molar-refractivity contribution >= 4 is 11.2 Å². The fraction of sp³-hybridized carbons (Fsp3) is 0.200. The lowest BCUT2D eigenvalue weighted by molar-refractivity contribution is 0.561. The summed E-state index contributed by atoms with van der Waals surface area (Å²) in [5, 5.41) is 0. The van der Waals surface area contributed by atoms with Crippen LogP contribution in [0.4, 0.5) is 0 Å². The van der Waals surface area contributed by atoms with Crippen LogP contribution in [0, 0.1) is 6.92 Å². The van der Waals surface area contributed by atoms with Gasteiger partial charge in [0, 0.05) is 12.5 Å². The van der Waals surface area contributed by atoms with Crippen LogP contribution in [0.5, 0.6) is 0 Å². The Morgan fingerprint density at radius 2 is 1.78 bits per heavy atom. The molecule has 3 nitrogen and oxygen atoms in total. The predicted octanol–water partition coefficient (Wildman–Crippen LogP) is 3.76. The van der Waals surface area contributed by atoms with Gasteiger partial charge in [-0.05, 0) is 24.1 Å². The van der Waals surface area contributed by atoms with E-state index in [4.69, 9.17) is 4.42 Å². The molecule has 0 saturated heterocycles. The molecule has 0 spiro atoms. The molecule has 0 aliphatic carbocycles. The molecule has 1 aromatic carbocycles. The largest absolute Gasteiger partial charge is 0.439 e. The number of aryl methyl sites for hydroxylation is 2. The number of hydrogen-bond donors (Lipinski definition) is 0. The summed E-state index contributed by atoms with van der Waals surface area (Å²) >= 11 is 0. The molecule has 0 saturated carbocycles. The van der Waals surface area contributed by atoms with Crippen LogP contribution in [-0.4, -0.2) is 9.97 Å². The Morgan fingerprint density at radius 1 is 1.00 bits per heavy atom. The number of benzene rings is 1. The first kappa shape index (κ1) is 11.0. The first-order chi connectivity index (χ1) is 8.76. The molecule has 0 fully saturated rings. The lowest BCUT2D eigenvalue weighted by atomic mass is 10.1. The summed E-state index contributed by atoms with van der Waals surface area (Å²) in [5.74, 6) is 0.649. The molecule has 0 aliphatic heterocycles. The zero-order chi connectivity index (χ0) is 12.5. The van der Waals surface area contributed by atoms with E-state index < -0.39 is 0 Å².